The summed E-state index contributed by atoms with van der Waals surface area (Å²) < 4.78 is 19.2. The fraction of sp³-hybridized carbons (Fsp3) is 0.150. The van der Waals surface area contributed by atoms with Gasteiger partial charge in [-0.2, -0.15) is 0 Å². The average Bonchev–Trinajstić information content (AvgIpc) is 2.65. The van der Waals surface area contributed by atoms with E-state index in [1.54, 1.807) is 0 Å². The second-order valence-corrected chi connectivity index (χ2v) is 5.94. The number of rotatable bonds is 7. The molecule has 0 radical (unpaired) electrons. The van der Waals surface area contributed by atoms with Crippen LogP contribution in [0.1, 0.15) is 22.5 Å². The lowest BCUT2D eigenvalue weighted by atomic mass is 10.1. The highest BCUT2D eigenvalue weighted by molar-refractivity contribution is 5.93. The summed E-state index contributed by atoms with van der Waals surface area (Å²) in [6.45, 7) is 0. The van der Waals surface area contributed by atoms with Crippen LogP contribution in [0.4, 0.5) is 4.39 Å². The van der Waals surface area contributed by atoms with Crippen molar-refractivity contribution in [2.75, 3.05) is 0 Å². The lowest BCUT2D eigenvalue weighted by Gasteiger charge is -2.17. The van der Waals surface area contributed by atoms with Crippen molar-refractivity contribution in [1.82, 2.24) is 4.98 Å². The number of hydrogen-bond acceptors (Lipinski definition) is 4. The van der Waals surface area contributed by atoms with Gasteiger partial charge in [-0.15, -0.1) is 0 Å². The average molecular weight is 369 g/mol. The van der Waals surface area contributed by atoms with E-state index >= 15 is 0 Å². The van der Waals surface area contributed by atoms with Gasteiger partial charge in [-0.25, -0.2) is 19.0 Å². The first-order valence-corrected chi connectivity index (χ1v) is 8.21. The van der Waals surface area contributed by atoms with Crippen molar-refractivity contribution in [2.24, 2.45) is 0 Å². The van der Waals surface area contributed by atoms with Crippen molar-refractivity contribution < 1.29 is 28.9 Å². The van der Waals surface area contributed by atoms with Gasteiger partial charge in [-0.05, 0) is 36.6 Å². The van der Waals surface area contributed by atoms with Gasteiger partial charge in [-0.3, -0.25) is 0 Å². The van der Waals surface area contributed by atoms with E-state index < -0.39 is 23.9 Å². The van der Waals surface area contributed by atoms with Gasteiger partial charge in [0.25, 0.3) is 0 Å². The number of ether oxygens (including phenoxy) is 1. The highest BCUT2D eigenvalue weighted by Gasteiger charge is 2.22. The smallest absolute Gasteiger partial charge is 0.354 e. The van der Waals surface area contributed by atoms with Gasteiger partial charge in [0.15, 0.2) is 11.8 Å². The maximum atomic E-state index is 13.6. The standard InChI is InChI=1S/C20H16FNO5/c21-13-7-8-15-14(10-13)18(11-16(22-15)19(23)24)27-17(20(25)26)9-6-12-4-2-1-3-5-12/h1-5,7-8,10-11,17H,6,9H2,(H,23,24)(H,25,26)/t17-/m0/s1. The molecule has 6 nitrogen and oxygen atoms in total. The summed E-state index contributed by atoms with van der Waals surface area (Å²) in [5, 5.41) is 18.9. The zero-order chi connectivity index (χ0) is 19.4. The van der Waals surface area contributed by atoms with Crippen LogP contribution in [0.2, 0.25) is 0 Å². The number of benzene rings is 2. The maximum Gasteiger partial charge on any atom is 0.354 e. The van der Waals surface area contributed by atoms with E-state index in [4.69, 9.17) is 4.74 Å². The summed E-state index contributed by atoms with van der Waals surface area (Å²) in [5.41, 5.74) is 0.846. The van der Waals surface area contributed by atoms with Crippen LogP contribution in [-0.2, 0) is 11.2 Å². The van der Waals surface area contributed by atoms with Crippen molar-refractivity contribution in [3.63, 3.8) is 0 Å². The predicted octanol–water partition coefficient (Wildman–Crippen LogP) is 3.54. The second kappa shape index (κ2) is 7.82. The molecule has 3 aromatic rings. The molecule has 138 valence electrons. The molecule has 3 rings (SSSR count). The number of pyridine rings is 1. The number of carboxylic acid groups (broad SMARTS) is 2. The van der Waals surface area contributed by atoms with Crippen molar-refractivity contribution in [2.45, 2.75) is 18.9 Å². The minimum atomic E-state index is -1.29. The fourth-order valence-electron chi connectivity index (χ4n) is 2.70. The van der Waals surface area contributed by atoms with Crippen molar-refractivity contribution in [3.05, 3.63) is 71.7 Å². The Morgan fingerprint density at radius 3 is 2.48 bits per heavy atom. The fourth-order valence-corrected chi connectivity index (χ4v) is 2.70. The predicted molar refractivity (Wildman–Crippen MR) is 95.5 cm³/mol. The van der Waals surface area contributed by atoms with Crippen molar-refractivity contribution in [1.29, 1.82) is 0 Å². The molecule has 0 aliphatic rings. The number of aliphatic carboxylic acids is 1. The molecular formula is C20H16FNO5. The Bertz CT molecular complexity index is 990. The second-order valence-electron chi connectivity index (χ2n) is 5.94. The Morgan fingerprint density at radius 1 is 1.07 bits per heavy atom. The number of carbonyl (C=O) groups is 2. The lowest BCUT2D eigenvalue weighted by Crippen LogP contribution is -2.28. The van der Waals surface area contributed by atoms with Gasteiger partial charge in [0.1, 0.15) is 11.6 Å². The molecule has 1 aromatic heterocycles. The van der Waals surface area contributed by atoms with Gasteiger partial charge < -0.3 is 14.9 Å². The van der Waals surface area contributed by atoms with E-state index in [9.17, 15) is 24.2 Å². The summed E-state index contributed by atoms with van der Waals surface area (Å²) in [6.07, 6.45) is -0.595. The molecular weight excluding hydrogens is 353 g/mol. The third-order valence-electron chi connectivity index (χ3n) is 4.03. The number of nitrogens with zero attached hydrogens (tertiary/aromatic N) is 1. The Balaban J connectivity index is 1.92. The maximum absolute atomic E-state index is 13.6. The zero-order valence-electron chi connectivity index (χ0n) is 14.1. The van der Waals surface area contributed by atoms with Crippen LogP contribution in [0.3, 0.4) is 0 Å². The molecule has 0 amide bonds. The summed E-state index contributed by atoms with van der Waals surface area (Å²) in [7, 11) is 0. The van der Waals surface area contributed by atoms with Crippen molar-refractivity contribution >= 4 is 22.8 Å². The van der Waals surface area contributed by atoms with Gasteiger partial charge in [0.05, 0.1) is 5.52 Å². The highest BCUT2D eigenvalue weighted by Crippen LogP contribution is 2.28. The van der Waals surface area contributed by atoms with Crippen molar-refractivity contribution in [3.8, 4) is 5.75 Å². The van der Waals surface area contributed by atoms with Gasteiger partial charge in [-0.1, -0.05) is 30.3 Å². The van der Waals surface area contributed by atoms with Crippen LogP contribution in [0.15, 0.2) is 54.6 Å². The largest absolute Gasteiger partial charge is 0.479 e. The SMILES string of the molecule is O=C(O)c1cc(O[C@@H](CCc2ccccc2)C(=O)O)c2cc(F)ccc2n1. The summed E-state index contributed by atoms with van der Waals surface area (Å²) >= 11 is 0. The first kappa shape index (κ1) is 18.3. The van der Waals surface area contributed by atoms with E-state index in [-0.39, 0.29) is 28.8 Å². The normalized spacial score (nSPS) is 11.9. The summed E-state index contributed by atoms with van der Waals surface area (Å²) in [4.78, 5) is 26.8. The van der Waals surface area contributed by atoms with E-state index in [0.29, 0.717) is 6.42 Å². The van der Waals surface area contributed by atoms with Gasteiger partial charge in [0, 0.05) is 11.5 Å². The molecule has 27 heavy (non-hydrogen) atoms. The number of aromatic carboxylic acids is 1. The van der Waals surface area contributed by atoms with Crippen LogP contribution in [0, 0.1) is 5.82 Å². The summed E-state index contributed by atoms with van der Waals surface area (Å²) in [5.74, 6) is -3.07. The Morgan fingerprint density at radius 2 is 1.81 bits per heavy atom. The number of fused-ring (bicyclic) bond motifs is 1. The molecule has 2 aromatic carbocycles. The van der Waals surface area contributed by atoms with Crippen LogP contribution >= 0.6 is 0 Å². The quantitative estimate of drug-likeness (QED) is 0.661. The minimum absolute atomic E-state index is 0.0302. The number of halogens is 1. The van der Waals surface area contributed by atoms with Crippen LogP contribution in [-0.4, -0.2) is 33.2 Å². The lowest BCUT2D eigenvalue weighted by molar-refractivity contribution is -0.145. The molecule has 7 heteroatoms. The number of hydrogen-bond donors (Lipinski definition) is 2. The highest BCUT2D eigenvalue weighted by atomic mass is 19.1. The molecule has 1 heterocycles. The third-order valence-corrected chi connectivity index (χ3v) is 4.03. The van der Waals surface area contributed by atoms with E-state index in [0.717, 1.165) is 23.8 Å². The number of carboxylic acids is 2. The first-order chi connectivity index (χ1) is 12.9. The molecule has 0 saturated heterocycles. The van der Waals surface area contributed by atoms with E-state index in [1.807, 2.05) is 30.3 Å². The van der Waals surface area contributed by atoms with Crippen LogP contribution < -0.4 is 4.74 Å². The Labute approximate surface area is 153 Å². The number of aromatic nitrogens is 1. The zero-order valence-corrected chi connectivity index (χ0v) is 14.1. The number of aryl methyl sites for hydroxylation is 1. The third kappa shape index (κ3) is 4.38. The molecule has 2 N–H and O–H groups in total. The Hall–Kier alpha value is -3.48. The minimum Gasteiger partial charge on any atom is -0.479 e. The van der Waals surface area contributed by atoms with E-state index in [1.165, 1.54) is 6.07 Å². The van der Waals surface area contributed by atoms with Crippen LogP contribution in [0.25, 0.3) is 10.9 Å². The van der Waals surface area contributed by atoms with Crippen LogP contribution in [0.5, 0.6) is 5.75 Å². The topological polar surface area (TPSA) is 96.7 Å². The monoisotopic (exact) mass is 369 g/mol. The van der Waals surface area contributed by atoms with E-state index in [2.05, 4.69) is 4.98 Å². The molecule has 0 unspecified atom stereocenters. The molecule has 0 aliphatic heterocycles. The van der Waals surface area contributed by atoms with Gasteiger partial charge >= 0.3 is 11.9 Å². The Kier molecular flexibility index (Phi) is 5.30. The first-order valence-electron chi connectivity index (χ1n) is 8.21. The molecule has 0 fully saturated rings. The molecule has 0 spiro atoms. The summed E-state index contributed by atoms with van der Waals surface area (Å²) in [6, 6.07) is 14.0. The molecule has 0 aliphatic carbocycles. The molecule has 0 bridgehead atoms. The molecule has 0 saturated carbocycles. The van der Waals surface area contributed by atoms with Gasteiger partial charge in [0.2, 0.25) is 0 Å². The molecule has 1 atom stereocenters.